The summed E-state index contributed by atoms with van der Waals surface area (Å²) >= 11 is 0. The molecule has 3 N–H and O–H groups in total. The molecule has 0 amide bonds. The quantitative estimate of drug-likeness (QED) is 0.799. The first-order valence-corrected chi connectivity index (χ1v) is 5.64. The van der Waals surface area contributed by atoms with E-state index >= 15 is 0 Å². The maximum Gasteiger partial charge on any atom is 0.320 e. The second kappa shape index (κ2) is 5.49. The number of nitrogens with two attached hydrogens (primary N) is 1. The molecule has 0 aliphatic heterocycles. The third kappa shape index (κ3) is 3.08. The Kier molecular flexibility index (Phi) is 3.76. The van der Waals surface area contributed by atoms with Gasteiger partial charge < -0.3 is 15.6 Å². The molecule has 19 heavy (non-hydrogen) atoms. The zero-order valence-electron chi connectivity index (χ0n) is 10.4. The number of ether oxygens (including phenoxy) is 1. The highest BCUT2D eigenvalue weighted by atomic mass is 16.5. The van der Waals surface area contributed by atoms with E-state index in [2.05, 4.69) is 10.3 Å². The van der Waals surface area contributed by atoms with E-state index in [4.69, 9.17) is 15.6 Å². The lowest BCUT2D eigenvalue weighted by atomic mass is 10.2. The van der Waals surface area contributed by atoms with E-state index in [1.54, 1.807) is 24.1 Å². The Balaban J connectivity index is 2.18. The number of rotatable bonds is 5. The number of nitrogens with zero attached hydrogens (tertiary/aromatic N) is 3. The third-order valence-electron chi connectivity index (χ3n) is 2.60. The fraction of sp³-hybridized carbons (Fsp3) is 0.250. The molecule has 0 spiro atoms. The maximum atomic E-state index is 10.7. The summed E-state index contributed by atoms with van der Waals surface area (Å²) in [7, 11) is 1.58. The number of aromatic nitrogens is 3. The minimum atomic E-state index is -1.06. The number of carboxylic acids is 1. The first kappa shape index (κ1) is 13.0. The normalized spacial score (nSPS) is 12.1. The van der Waals surface area contributed by atoms with Gasteiger partial charge in [-0.3, -0.25) is 4.79 Å². The molecular weight excluding hydrogens is 248 g/mol. The van der Waals surface area contributed by atoms with Crippen molar-refractivity contribution in [3.8, 4) is 11.4 Å². The van der Waals surface area contributed by atoms with Crippen molar-refractivity contribution in [2.75, 3.05) is 7.11 Å². The molecule has 100 valence electrons. The van der Waals surface area contributed by atoms with Gasteiger partial charge in [-0.1, -0.05) is 11.3 Å². The monoisotopic (exact) mass is 262 g/mol. The van der Waals surface area contributed by atoms with Crippen LogP contribution in [0, 0.1) is 0 Å². The van der Waals surface area contributed by atoms with Crippen molar-refractivity contribution in [2.24, 2.45) is 5.73 Å². The third-order valence-corrected chi connectivity index (χ3v) is 2.60. The lowest BCUT2D eigenvalue weighted by Crippen LogP contribution is -2.32. The average Bonchev–Trinajstić information content (AvgIpc) is 2.87. The number of methoxy groups -OCH3 is 1. The molecule has 1 aromatic carbocycles. The lowest BCUT2D eigenvalue weighted by Gasteiger charge is -2.03. The smallest absolute Gasteiger partial charge is 0.320 e. The molecule has 0 saturated heterocycles. The molecule has 0 radical (unpaired) electrons. The van der Waals surface area contributed by atoms with Gasteiger partial charge in [-0.15, -0.1) is 5.10 Å². The van der Waals surface area contributed by atoms with Crippen molar-refractivity contribution < 1.29 is 14.6 Å². The maximum absolute atomic E-state index is 10.7. The van der Waals surface area contributed by atoms with Crippen LogP contribution in [0.4, 0.5) is 0 Å². The van der Waals surface area contributed by atoms with Gasteiger partial charge in [-0.25, -0.2) is 4.68 Å². The van der Waals surface area contributed by atoms with Crippen LogP contribution < -0.4 is 10.5 Å². The average molecular weight is 262 g/mol. The molecule has 1 atom stereocenters. The van der Waals surface area contributed by atoms with Gasteiger partial charge in [0.25, 0.3) is 0 Å². The molecule has 7 heteroatoms. The Labute approximate surface area is 109 Å². The van der Waals surface area contributed by atoms with Crippen molar-refractivity contribution in [1.29, 1.82) is 0 Å². The highest BCUT2D eigenvalue weighted by Crippen LogP contribution is 2.15. The number of hydrogen-bond acceptors (Lipinski definition) is 5. The standard InChI is InChI=1S/C12H14N4O3/c1-19-10-4-2-3-9(6-10)16-7-8(14-15-16)5-11(13)12(17)18/h2-4,6-7,11H,5,13H2,1H3,(H,17,18). The van der Waals surface area contributed by atoms with Gasteiger partial charge in [-0.2, -0.15) is 0 Å². The minimum absolute atomic E-state index is 0.138. The van der Waals surface area contributed by atoms with Crippen LogP contribution >= 0.6 is 0 Å². The summed E-state index contributed by atoms with van der Waals surface area (Å²) in [6.07, 6.45) is 1.79. The second-order valence-electron chi connectivity index (χ2n) is 4.00. The fourth-order valence-corrected chi connectivity index (χ4v) is 1.58. The SMILES string of the molecule is COc1cccc(-n2cc(CC(N)C(=O)O)nn2)c1. The molecule has 1 aromatic heterocycles. The van der Waals surface area contributed by atoms with Crippen molar-refractivity contribution in [3.63, 3.8) is 0 Å². The molecule has 2 aromatic rings. The molecule has 2 rings (SSSR count). The van der Waals surface area contributed by atoms with Crippen LogP contribution in [0.5, 0.6) is 5.75 Å². The lowest BCUT2D eigenvalue weighted by molar-refractivity contribution is -0.138. The Morgan fingerprint density at radius 3 is 3.05 bits per heavy atom. The number of hydrogen-bond donors (Lipinski definition) is 2. The Morgan fingerprint density at radius 2 is 2.37 bits per heavy atom. The highest BCUT2D eigenvalue weighted by Gasteiger charge is 2.14. The first-order valence-electron chi connectivity index (χ1n) is 5.64. The van der Waals surface area contributed by atoms with Crippen LogP contribution in [-0.2, 0) is 11.2 Å². The summed E-state index contributed by atoms with van der Waals surface area (Å²) in [6.45, 7) is 0. The van der Waals surface area contributed by atoms with Crippen molar-refractivity contribution in [1.82, 2.24) is 15.0 Å². The summed E-state index contributed by atoms with van der Waals surface area (Å²) < 4.78 is 6.67. The van der Waals surface area contributed by atoms with E-state index in [1.165, 1.54) is 0 Å². The van der Waals surface area contributed by atoms with Gasteiger partial charge >= 0.3 is 5.97 Å². The fourth-order valence-electron chi connectivity index (χ4n) is 1.58. The first-order chi connectivity index (χ1) is 9.10. The van der Waals surface area contributed by atoms with Crippen molar-refractivity contribution >= 4 is 5.97 Å². The molecule has 1 heterocycles. The number of aliphatic carboxylic acids is 1. The molecule has 0 saturated carbocycles. The number of carboxylic acid groups (broad SMARTS) is 1. The highest BCUT2D eigenvalue weighted by molar-refractivity contribution is 5.73. The topological polar surface area (TPSA) is 103 Å². The predicted molar refractivity (Wildman–Crippen MR) is 67.2 cm³/mol. The second-order valence-corrected chi connectivity index (χ2v) is 4.00. The predicted octanol–water partition coefficient (Wildman–Crippen LogP) is 0.230. The minimum Gasteiger partial charge on any atom is -0.497 e. The van der Waals surface area contributed by atoms with Gasteiger partial charge in [0, 0.05) is 12.5 Å². The summed E-state index contributed by atoms with van der Waals surface area (Å²) in [5.74, 6) is -0.354. The van der Waals surface area contributed by atoms with Crippen molar-refractivity contribution in [2.45, 2.75) is 12.5 Å². The summed E-state index contributed by atoms with van der Waals surface area (Å²) in [5, 5.41) is 16.6. The van der Waals surface area contributed by atoms with Crippen LogP contribution in [0.2, 0.25) is 0 Å². The van der Waals surface area contributed by atoms with E-state index in [0.29, 0.717) is 11.4 Å². The molecular formula is C12H14N4O3. The largest absolute Gasteiger partial charge is 0.497 e. The molecule has 0 aliphatic carbocycles. The summed E-state index contributed by atoms with van der Waals surface area (Å²) in [4.78, 5) is 10.7. The van der Waals surface area contributed by atoms with Gasteiger partial charge in [0.05, 0.1) is 24.7 Å². The molecule has 0 fully saturated rings. The van der Waals surface area contributed by atoms with Crippen LogP contribution in [0.15, 0.2) is 30.5 Å². The van der Waals surface area contributed by atoms with E-state index in [9.17, 15) is 4.79 Å². The van der Waals surface area contributed by atoms with Crippen LogP contribution in [-0.4, -0.2) is 39.2 Å². The van der Waals surface area contributed by atoms with Crippen molar-refractivity contribution in [3.05, 3.63) is 36.2 Å². The number of benzene rings is 1. The summed E-state index contributed by atoms with van der Waals surface area (Å²) in [6, 6.07) is 6.32. The molecule has 1 unspecified atom stereocenters. The zero-order valence-corrected chi connectivity index (χ0v) is 10.4. The van der Waals surface area contributed by atoms with Gasteiger partial charge in [0.2, 0.25) is 0 Å². The summed E-state index contributed by atoms with van der Waals surface area (Å²) in [5.41, 5.74) is 6.75. The number of carbonyl (C=O) groups is 1. The molecule has 0 aliphatic rings. The van der Waals surface area contributed by atoms with Crippen LogP contribution in [0.1, 0.15) is 5.69 Å². The van der Waals surface area contributed by atoms with Gasteiger partial charge in [0.15, 0.2) is 0 Å². The molecule has 0 bridgehead atoms. The van der Waals surface area contributed by atoms with E-state index in [1.807, 2.05) is 18.2 Å². The Morgan fingerprint density at radius 1 is 1.58 bits per heavy atom. The Bertz CT molecular complexity index is 582. The van der Waals surface area contributed by atoms with Crippen LogP contribution in [0.25, 0.3) is 5.69 Å². The van der Waals surface area contributed by atoms with Gasteiger partial charge in [0.1, 0.15) is 11.8 Å². The van der Waals surface area contributed by atoms with E-state index in [-0.39, 0.29) is 6.42 Å². The zero-order chi connectivity index (χ0) is 13.8. The van der Waals surface area contributed by atoms with Gasteiger partial charge in [-0.05, 0) is 12.1 Å². The van der Waals surface area contributed by atoms with Crippen LogP contribution in [0.3, 0.4) is 0 Å². The van der Waals surface area contributed by atoms with E-state index < -0.39 is 12.0 Å². The Hall–Kier alpha value is -2.41. The molecule has 7 nitrogen and oxygen atoms in total. The van der Waals surface area contributed by atoms with E-state index in [0.717, 1.165) is 5.69 Å².